The first-order chi connectivity index (χ1) is 14.2. The van der Waals surface area contributed by atoms with E-state index in [0.717, 1.165) is 12.3 Å². The van der Waals surface area contributed by atoms with Gasteiger partial charge in [-0.15, -0.1) is 0 Å². The SMILES string of the molecule is CC(C)[C@@H](C(=O)N1CCC(Oc2ccc(C(F)(F)F)nc2)CC1)N(C(=O)O)C(C)(C)C. The quantitative estimate of drug-likeness (QED) is 0.732. The molecule has 31 heavy (non-hydrogen) atoms. The van der Waals surface area contributed by atoms with Gasteiger partial charge in [-0.05, 0) is 38.8 Å². The summed E-state index contributed by atoms with van der Waals surface area (Å²) in [6.07, 6.45) is -3.90. The maximum absolute atomic E-state index is 13.2. The molecule has 7 nitrogen and oxygen atoms in total. The van der Waals surface area contributed by atoms with Crippen molar-refractivity contribution in [2.45, 2.75) is 71.3 Å². The second-order valence-corrected chi connectivity index (χ2v) is 9.03. The molecule has 1 atom stereocenters. The molecule has 174 valence electrons. The molecule has 2 amide bonds. The highest BCUT2D eigenvalue weighted by atomic mass is 19.4. The van der Waals surface area contributed by atoms with E-state index in [-0.39, 0.29) is 23.7 Å². The summed E-state index contributed by atoms with van der Waals surface area (Å²) in [6.45, 7) is 9.64. The third kappa shape index (κ3) is 6.24. The van der Waals surface area contributed by atoms with Crippen molar-refractivity contribution >= 4 is 12.0 Å². The van der Waals surface area contributed by atoms with Gasteiger partial charge in [-0.3, -0.25) is 9.69 Å². The van der Waals surface area contributed by atoms with Gasteiger partial charge in [-0.1, -0.05) is 13.8 Å². The zero-order chi connectivity index (χ0) is 23.6. The van der Waals surface area contributed by atoms with Crippen LogP contribution >= 0.6 is 0 Å². The van der Waals surface area contributed by atoms with E-state index in [2.05, 4.69) is 4.98 Å². The van der Waals surface area contributed by atoms with E-state index in [9.17, 15) is 27.9 Å². The number of ether oxygens (including phenoxy) is 1. The molecule has 1 fully saturated rings. The molecule has 1 aromatic rings. The molecule has 0 aromatic carbocycles. The number of aromatic nitrogens is 1. The van der Waals surface area contributed by atoms with Crippen molar-refractivity contribution in [3.05, 3.63) is 24.0 Å². The Morgan fingerprint density at radius 2 is 1.77 bits per heavy atom. The third-order valence-corrected chi connectivity index (χ3v) is 5.17. The maximum atomic E-state index is 13.2. The van der Waals surface area contributed by atoms with E-state index in [0.29, 0.717) is 25.9 Å². The lowest BCUT2D eigenvalue weighted by Crippen LogP contribution is -2.60. The molecule has 0 spiro atoms. The lowest BCUT2D eigenvalue weighted by molar-refractivity contribution is -0.142. The van der Waals surface area contributed by atoms with E-state index in [1.54, 1.807) is 25.7 Å². The summed E-state index contributed by atoms with van der Waals surface area (Å²) in [7, 11) is 0. The van der Waals surface area contributed by atoms with Gasteiger partial charge in [0.25, 0.3) is 0 Å². The fraction of sp³-hybridized carbons (Fsp3) is 0.667. The molecule has 0 radical (unpaired) electrons. The number of likely N-dealkylation sites (tertiary alicyclic amines) is 1. The highest BCUT2D eigenvalue weighted by molar-refractivity contribution is 5.86. The maximum Gasteiger partial charge on any atom is 0.433 e. The molecule has 1 aromatic heterocycles. The number of hydrogen-bond acceptors (Lipinski definition) is 4. The second-order valence-electron chi connectivity index (χ2n) is 9.03. The first-order valence-electron chi connectivity index (χ1n) is 10.2. The van der Waals surface area contributed by atoms with E-state index in [1.807, 2.05) is 13.8 Å². The van der Waals surface area contributed by atoms with Gasteiger partial charge in [0.05, 0.1) is 6.20 Å². The Bertz CT molecular complexity index is 768. The number of carbonyl (C=O) groups is 2. The van der Waals surface area contributed by atoms with Crippen LogP contribution in [0.1, 0.15) is 53.2 Å². The van der Waals surface area contributed by atoms with Crippen molar-refractivity contribution in [1.82, 2.24) is 14.8 Å². The molecule has 2 heterocycles. The largest absolute Gasteiger partial charge is 0.489 e. The zero-order valence-electron chi connectivity index (χ0n) is 18.4. The monoisotopic (exact) mass is 445 g/mol. The molecule has 10 heteroatoms. The Balaban J connectivity index is 2.02. The molecule has 0 bridgehead atoms. The van der Waals surface area contributed by atoms with Crippen molar-refractivity contribution in [2.24, 2.45) is 5.92 Å². The molecule has 1 saturated heterocycles. The molecular weight excluding hydrogens is 415 g/mol. The number of pyridine rings is 1. The van der Waals surface area contributed by atoms with Crippen LogP contribution in [0, 0.1) is 5.92 Å². The number of alkyl halides is 3. The van der Waals surface area contributed by atoms with Gasteiger partial charge < -0.3 is 14.7 Å². The van der Waals surface area contributed by atoms with E-state index < -0.39 is 29.5 Å². The minimum Gasteiger partial charge on any atom is -0.489 e. The number of amides is 2. The molecule has 0 saturated carbocycles. The summed E-state index contributed by atoms with van der Waals surface area (Å²) < 4.78 is 43.6. The van der Waals surface area contributed by atoms with Gasteiger partial charge >= 0.3 is 12.3 Å². The Labute approximate surface area is 180 Å². The average molecular weight is 445 g/mol. The van der Waals surface area contributed by atoms with Gasteiger partial charge in [0.1, 0.15) is 23.6 Å². The fourth-order valence-corrected chi connectivity index (χ4v) is 3.71. The first kappa shape index (κ1) is 24.7. The van der Waals surface area contributed by atoms with Crippen molar-refractivity contribution in [1.29, 1.82) is 0 Å². The molecule has 0 unspecified atom stereocenters. The Morgan fingerprint density at radius 3 is 2.16 bits per heavy atom. The van der Waals surface area contributed by atoms with Crippen LogP contribution in [0.25, 0.3) is 0 Å². The minimum absolute atomic E-state index is 0.213. The normalized spacial score (nSPS) is 16.9. The summed E-state index contributed by atoms with van der Waals surface area (Å²) >= 11 is 0. The average Bonchev–Trinajstić information content (AvgIpc) is 2.64. The number of halogens is 3. The van der Waals surface area contributed by atoms with Crippen molar-refractivity contribution in [3.8, 4) is 5.75 Å². The number of piperidine rings is 1. The molecule has 1 N–H and O–H groups in total. The molecule has 1 aliphatic heterocycles. The predicted octanol–water partition coefficient (Wildman–Crippen LogP) is 4.27. The standard InChI is InChI=1S/C21H30F3N3O4/c1-13(2)17(27(19(29)30)20(3,4)5)18(28)26-10-8-14(9-11-26)31-15-6-7-16(25-12-15)21(22,23)24/h6-7,12-14,17H,8-11H2,1-5H3,(H,29,30)/t17-/m0/s1. The van der Waals surface area contributed by atoms with Crippen LogP contribution in [-0.2, 0) is 11.0 Å². The summed E-state index contributed by atoms with van der Waals surface area (Å²) in [4.78, 5) is 31.3. The topological polar surface area (TPSA) is 83.0 Å². The lowest BCUT2D eigenvalue weighted by Gasteiger charge is -2.43. The van der Waals surface area contributed by atoms with Gasteiger partial charge in [-0.2, -0.15) is 13.2 Å². The van der Waals surface area contributed by atoms with Crippen LogP contribution in [0.4, 0.5) is 18.0 Å². The van der Waals surface area contributed by atoms with Crippen LogP contribution in [0.15, 0.2) is 18.3 Å². The first-order valence-corrected chi connectivity index (χ1v) is 10.2. The lowest BCUT2D eigenvalue weighted by atomic mass is 9.94. The van der Waals surface area contributed by atoms with Crippen molar-refractivity contribution in [3.63, 3.8) is 0 Å². The summed E-state index contributed by atoms with van der Waals surface area (Å²) in [5.74, 6) is -0.223. The molecule has 1 aliphatic rings. The van der Waals surface area contributed by atoms with E-state index >= 15 is 0 Å². The predicted molar refractivity (Wildman–Crippen MR) is 108 cm³/mol. The smallest absolute Gasteiger partial charge is 0.433 e. The van der Waals surface area contributed by atoms with Crippen molar-refractivity contribution in [2.75, 3.05) is 13.1 Å². The van der Waals surface area contributed by atoms with Gasteiger partial charge in [0.15, 0.2) is 0 Å². The van der Waals surface area contributed by atoms with Crippen LogP contribution in [-0.4, -0.2) is 62.7 Å². The molecule has 2 rings (SSSR count). The summed E-state index contributed by atoms with van der Waals surface area (Å²) in [5, 5.41) is 9.71. The van der Waals surface area contributed by atoms with Crippen LogP contribution in [0.3, 0.4) is 0 Å². The highest BCUT2D eigenvalue weighted by Gasteiger charge is 2.41. The van der Waals surface area contributed by atoms with Gasteiger partial charge in [0.2, 0.25) is 5.91 Å². The van der Waals surface area contributed by atoms with Crippen LogP contribution in [0.5, 0.6) is 5.75 Å². The van der Waals surface area contributed by atoms with Crippen LogP contribution < -0.4 is 4.74 Å². The third-order valence-electron chi connectivity index (χ3n) is 5.17. The van der Waals surface area contributed by atoms with Gasteiger partial charge in [-0.25, -0.2) is 9.78 Å². The number of nitrogens with zero attached hydrogens (tertiary/aromatic N) is 3. The Kier molecular flexibility index (Phi) is 7.44. The Morgan fingerprint density at radius 1 is 1.19 bits per heavy atom. The molecular formula is C21H30F3N3O4. The number of carbonyl (C=O) groups excluding carboxylic acids is 1. The van der Waals surface area contributed by atoms with Crippen LogP contribution in [0.2, 0.25) is 0 Å². The van der Waals surface area contributed by atoms with Crippen molar-refractivity contribution < 1.29 is 32.6 Å². The minimum atomic E-state index is -4.51. The van der Waals surface area contributed by atoms with E-state index in [1.165, 1.54) is 11.0 Å². The highest BCUT2D eigenvalue weighted by Crippen LogP contribution is 2.29. The number of rotatable bonds is 5. The number of hydrogen-bond donors (Lipinski definition) is 1. The number of carboxylic acid groups (broad SMARTS) is 1. The zero-order valence-corrected chi connectivity index (χ0v) is 18.4. The Hall–Kier alpha value is -2.52. The fourth-order valence-electron chi connectivity index (χ4n) is 3.71. The molecule has 0 aliphatic carbocycles. The summed E-state index contributed by atoms with van der Waals surface area (Å²) in [6, 6.07) is 1.29. The second kappa shape index (κ2) is 9.32. The van der Waals surface area contributed by atoms with E-state index in [4.69, 9.17) is 4.74 Å². The van der Waals surface area contributed by atoms with Gasteiger partial charge in [0, 0.05) is 31.5 Å². The summed E-state index contributed by atoms with van der Waals surface area (Å²) in [5.41, 5.74) is -1.73.